The maximum absolute atomic E-state index is 4.86. The number of aryl methyl sites for hydroxylation is 1. The molecular formula is C16H22N4S. The standard InChI is InChI=1S/C16H22N4S/c1-3-18-13-7-4-8-14-15(13)21-16(19-14)20(2)11-12-6-5-9-17-10-12/h5-6,9-10,13,18H,3-4,7-8,11H2,1-2H3. The van der Waals surface area contributed by atoms with Crippen LogP contribution < -0.4 is 10.2 Å². The molecule has 1 aliphatic rings. The summed E-state index contributed by atoms with van der Waals surface area (Å²) < 4.78 is 0. The summed E-state index contributed by atoms with van der Waals surface area (Å²) in [5.41, 5.74) is 2.52. The van der Waals surface area contributed by atoms with Crippen molar-refractivity contribution in [3.8, 4) is 0 Å². The Kier molecular flexibility index (Phi) is 4.51. The Morgan fingerprint density at radius 1 is 1.48 bits per heavy atom. The average molecular weight is 302 g/mol. The zero-order valence-electron chi connectivity index (χ0n) is 12.7. The van der Waals surface area contributed by atoms with E-state index in [0.29, 0.717) is 6.04 Å². The number of nitrogens with one attached hydrogen (secondary N) is 1. The average Bonchev–Trinajstić information content (AvgIpc) is 2.94. The molecule has 2 heterocycles. The van der Waals surface area contributed by atoms with Gasteiger partial charge >= 0.3 is 0 Å². The summed E-state index contributed by atoms with van der Waals surface area (Å²) in [4.78, 5) is 12.7. The Morgan fingerprint density at radius 3 is 3.14 bits per heavy atom. The van der Waals surface area contributed by atoms with E-state index in [-0.39, 0.29) is 0 Å². The van der Waals surface area contributed by atoms with Gasteiger partial charge in [-0.3, -0.25) is 4.98 Å². The summed E-state index contributed by atoms with van der Waals surface area (Å²) in [6, 6.07) is 4.59. The molecule has 0 radical (unpaired) electrons. The Bertz CT molecular complexity index is 581. The molecule has 0 fully saturated rings. The molecule has 0 saturated carbocycles. The minimum absolute atomic E-state index is 0.497. The molecule has 2 aromatic heterocycles. The van der Waals surface area contributed by atoms with Gasteiger partial charge < -0.3 is 10.2 Å². The molecule has 5 heteroatoms. The van der Waals surface area contributed by atoms with E-state index in [1.807, 2.05) is 29.8 Å². The summed E-state index contributed by atoms with van der Waals surface area (Å²) in [6.45, 7) is 4.04. The lowest BCUT2D eigenvalue weighted by Crippen LogP contribution is -2.23. The van der Waals surface area contributed by atoms with E-state index in [9.17, 15) is 0 Å². The Labute approximate surface area is 130 Å². The zero-order valence-corrected chi connectivity index (χ0v) is 13.5. The summed E-state index contributed by atoms with van der Waals surface area (Å²) in [7, 11) is 2.11. The normalized spacial score (nSPS) is 17.5. The molecular weight excluding hydrogens is 280 g/mol. The summed E-state index contributed by atoms with van der Waals surface area (Å²) in [5.74, 6) is 0. The number of pyridine rings is 1. The Hall–Kier alpha value is -1.46. The fourth-order valence-corrected chi connectivity index (χ4v) is 4.03. The summed E-state index contributed by atoms with van der Waals surface area (Å²) >= 11 is 1.84. The minimum Gasteiger partial charge on any atom is -0.347 e. The van der Waals surface area contributed by atoms with Crippen LogP contribution in [0.15, 0.2) is 24.5 Å². The maximum Gasteiger partial charge on any atom is 0.185 e. The highest BCUT2D eigenvalue weighted by Gasteiger charge is 2.24. The van der Waals surface area contributed by atoms with Crippen molar-refractivity contribution < 1.29 is 0 Å². The number of aromatic nitrogens is 2. The number of hydrogen-bond acceptors (Lipinski definition) is 5. The third kappa shape index (κ3) is 3.24. The van der Waals surface area contributed by atoms with Crippen LogP contribution in [0.5, 0.6) is 0 Å². The van der Waals surface area contributed by atoms with Gasteiger partial charge in [-0.1, -0.05) is 24.3 Å². The van der Waals surface area contributed by atoms with E-state index in [1.54, 1.807) is 0 Å². The fourth-order valence-electron chi connectivity index (χ4n) is 2.84. The largest absolute Gasteiger partial charge is 0.347 e. The topological polar surface area (TPSA) is 41.1 Å². The lowest BCUT2D eigenvalue weighted by atomic mass is 9.98. The molecule has 0 spiro atoms. The third-order valence-corrected chi connectivity index (χ3v) is 5.18. The van der Waals surface area contributed by atoms with Gasteiger partial charge in [0, 0.05) is 36.9 Å². The first-order chi connectivity index (χ1) is 10.3. The number of fused-ring (bicyclic) bond motifs is 1. The van der Waals surface area contributed by atoms with Crippen LogP contribution in [0.2, 0.25) is 0 Å². The van der Waals surface area contributed by atoms with Crippen molar-refractivity contribution in [3.05, 3.63) is 40.7 Å². The van der Waals surface area contributed by atoms with Crippen molar-refractivity contribution in [1.29, 1.82) is 0 Å². The van der Waals surface area contributed by atoms with Gasteiger partial charge in [-0.15, -0.1) is 0 Å². The van der Waals surface area contributed by atoms with Gasteiger partial charge in [-0.05, 0) is 37.4 Å². The van der Waals surface area contributed by atoms with Gasteiger partial charge in [-0.2, -0.15) is 0 Å². The predicted octanol–water partition coefficient (Wildman–Crippen LogP) is 3.16. The van der Waals surface area contributed by atoms with Gasteiger partial charge in [0.15, 0.2) is 5.13 Å². The van der Waals surface area contributed by atoms with Gasteiger partial charge in [0.2, 0.25) is 0 Å². The second-order valence-electron chi connectivity index (χ2n) is 5.53. The third-order valence-electron chi connectivity index (χ3n) is 3.86. The molecule has 21 heavy (non-hydrogen) atoms. The maximum atomic E-state index is 4.86. The molecule has 1 N–H and O–H groups in total. The molecule has 0 aromatic carbocycles. The lowest BCUT2D eigenvalue weighted by molar-refractivity contribution is 0.476. The second kappa shape index (κ2) is 6.54. The lowest BCUT2D eigenvalue weighted by Gasteiger charge is -2.21. The van der Waals surface area contributed by atoms with Crippen LogP contribution in [-0.4, -0.2) is 23.6 Å². The van der Waals surface area contributed by atoms with E-state index < -0.39 is 0 Å². The van der Waals surface area contributed by atoms with Crippen LogP contribution in [0.25, 0.3) is 0 Å². The van der Waals surface area contributed by atoms with Crippen LogP contribution in [0.3, 0.4) is 0 Å². The molecule has 1 aliphatic carbocycles. The van der Waals surface area contributed by atoms with Gasteiger partial charge in [0.25, 0.3) is 0 Å². The van der Waals surface area contributed by atoms with Crippen molar-refractivity contribution in [3.63, 3.8) is 0 Å². The van der Waals surface area contributed by atoms with Crippen LogP contribution in [0.4, 0.5) is 5.13 Å². The summed E-state index contributed by atoms with van der Waals surface area (Å²) in [6.07, 6.45) is 7.32. The molecule has 112 valence electrons. The Balaban J connectivity index is 1.77. The summed E-state index contributed by atoms with van der Waals surface area (Å²) in [5, 5.41) is 4.70. The molecule has 1 atom stereocenters. The van der Waals surface area contributed by atoms with Crippen molar-refractivity contribution in [1.82, 2.24) is 15.3 Å². The number of nitrogens with zero attached hydrogens (tertiary/aromatic N) is 3. The van der Waals surface area contributed by atoms with E-state index in [4.69, 9.17) is 4.98 Å². The second-order valence-corrected chi connectivity index (χ2v) is 6.54. The highest BCUT2D eigenvalue weighted by atomic mass is 32.1. The molecule has 1 unspecified atom stereocenters. The van der Waals surface area contributed by atoms with Crippen LogP contribution >= 0.6 is 11.3 Å². The SMILES string of the molecule is CCNC1CCCc2nc(N(C)Cc3cccnc3)sc21. The minimum atomic E-state index is 0.497. The van der Waals surface area contributed by atoms with Gasteiger partial charge in [-0.25, -0.2) is 4.98 Å². The molecule has 0 amide bonds. The zero-order chi connectivity index (χ0) is 14.7. The molecule has 0 aliphatic heterocycles. The van der Waals surface area contributed by atoms with Crippen molar-refractivity contribution >= 4 is 16.5 Å². The quantitative estimate of drug-likeness (QED) is 0.921. The fraction of sp³-hybridized carbons (Fsp3) is 0.500. The number of anilines is 1. The predicted molar refractivity (Wildman–Crippen MR) is 87.8 cm³/mol. The molecule has 4 nitrogen and oxygen atoms in total. The number of thiazole rings is 1. The Morgan fingerprint density at radius 2 is 2.38 bits per heavy atom. The first-order valence-corrected chi connectivity index (χ1v) is 8.42. The van der Waals surface area contributed by atoms with Gasteiger partial charge in [0.05, 0.1) is 5.69 Å². The first-order valence-electron chi connectivity index (χ1n) is 7.61. The van der Waals surface area contributed by atoms with E-state index >= 15 is 0 Å². The molecule has 0 saturated heterocycles. The van der Waals surface area contributed by atoms with Crippen molar-refractivity contribution in [2.24, 2.45) is 0 Å². The highest BCUT2D eigenvalue weighted by Crippen LogP contribution is 2.37. The van der Waals surface area contributed by atoms with E-state index in [0.717, 1.165) is 24.6 Å². The smallest absolute Gasteiger partial charge is 0.185 e. The van der Waals surface area contributed by atoms with Crippen LogP contribution in [-0.2, 0) is 13.0 Å². The van der Waals surface area contributed by atoms with E-state index in [2.05, 4.69) is 35.2 Å². The van der Waals surface area contributed by atoms with Crippen molar-refractivity contribution in [2.45, 2.75) is 38.8 Å². The van der Waals surface area contributed by atoms with Gasteiger partial charge in [0.1, 0.15) is 0 Å². The molecule has 0 bridgehead atoms. The van der Waals surface area contributed by atoms with Crippen LogP contribution in [0, 0.1) is 0 Å². The van der Waals surface area contributed by atoms with E-state index in [1.165, 1.54) is 29.0 Å². The molecule has 3 rings (SSSR count). The van der Waals surface area contributed by atoms with Crippen molar-refractivity contribution in [2.75, 3.05) is 18.5 Å². The highest BCUT2D eigenvalue weighted by molar-refractivity contribution is 7.15. The number of hydrogen-bond donors (Lipinski definition) is 1. The van der Waals surface area contributed by atoms with Crippen LogP contribution in [0.1, 0.15) is 41.9 Å². The first kappa shape index (κ1) is 14.5. The molecule has 2 aromatic rings. The number of rotatable bonds is 5. The monoisotopic (exact) mass is 302 g/mol.